The van der Waals surface area contributed by atoms with Gasteiger partial charge in [0.05, 0.1) is 22.7 Å². The molecule has 7 N–H and O–H groups in total. The smallest absolute Gasteiger partial charge is 0.163 e. The predicted molar refractivity (Wildman–Crippen MR) is 262 cm³/mol. The Bertz CT molecular complexity index is 2400. The highest BCUT2D eigenvalue weighted by Gasteiger charge is 2.81. The van der Waals surface area contributed by atoms with Crippen LogP contribution in [0.5, 0.6) is 5.75 Å². The van der Waals surface area contributed by atoms with Crippen molar-refractivity contribution in [2.45, 2.75) is 198 Å². The van der Waals surface area contributed by atoms with Gasteiger partial charge in [0, 0.05) is 41.1 Å². The van der Waals surface area contributed by atoms with E-state index in [1.807, 2.05) is 38.2 Å². The minimum Gasteiger partial charge on any atom is -0.508 e. The van der Waals surface area contributed by atoms with Gasteiger partial charge in [-0.2, -0.15) is 0 Å². The zero-order valence-corrected chi connectivity index (χ0v) is 41.7. The van der Waals surface area contributed by atoms with Crippen LogP contribution in [0.1, 0.15) is 173 Å². The van der Waals surface area contributed by atoms with Crippen LogP contribution < -0.4 is 16.4 Å². The van der Waals surface area contributed by atoms with Gasteiger partial charge in [0.15, 0.2) is 5.78 Å². The van der Waals surface area contributed by atoms with Crippen molar-refractivity contribution in [3.8, 4) is 5.75 Å². The Labute approximate surface area is 400 Å². The number of ketones is 2. The molecule has 10 aliphatic rings. The van der Waals surface area contributed by atoms with Gasteiger partial charge < -0.3 is 36.4 Å². The van der Waals surface area contributed by atoms with Crippen LogP contribution in [-0.4, -0.2) is 69.4 Å². The number of nitrogen functional groups attached to an aromatic ring is 1. The first kappa shape index (κ1) is 46.3. The van der Waals surface area contributed by atoms with E-state index >= 15 is 9.59 Å². The molecule has 1 spiro atoms. The first-order valence-electron chi connectivity index (χ1n) is 26.7. The maximum atomic E-state index is 16.1. The summed E-state index contributed by atoms with van der Waals surface area (Å²) in [7, 11) is 1.93. The number of phenols is 1. The normalized spacial score (nSPS) is 46.4. The Balaban J connectivity index is 0.984. The van der Waals surface area contributed by atoms with Crippen LogP contribution in [0.2, 0.25) is 0 Å². The van der Waals surface area contributed by atoms with Gasteiger partial charge in [0.1, 0.15) is 17.6 Å². The van der Waals surface area contributed by atoms with Crippen LogP contribution in [0.4, 0.5) is 5.69 Å². The average Bonchev–Trinajstić information content (AvgIpc) is 3.66. The number of aromatic hydroxyl groups is 1. The third-order valence-electron chi connectivity index (χ3n) is 22.0. The van der Waals surface area contributed by atoms with Crippen molar-refractivity contribution < 1.29 is 29.6 Å². The molecule has 9 heteroatoms. The molecule has 16 unspecified atom stereocenters. The third kappa shape index (κ3) is 6.41. The Morgan fingerprint density at radius 3 is 2.48 bits per heavy atom. The number of carbonyl (C=O) groups is 2. The van der Waals surface area contributed by atoms with E-state index in [9.17, 15) is 15.3 Å². The predicted octanol–water partition coefficient (Wildman–Crippen LogP) is 9.59. The molecule has 2 saturated heterocycles. The van der Waals surface area contributed by atoms with Gasteiger partial charge in [0.2, 0.25) is 0 Å². The maximum Gasteiger partial charge on any atom is 0.163 e. The lowest BCUT2D eigenvalue weighted by atomic mass is 9.29. The number of epoxide rings is 1. The molecule has 5 bridgehead atoms. The minimum atomic E-state index is -0.883. The van der Waals surface area contributed by atoms with E-state index in [0.717, 1.165) is 112 Å². The quantitative estimate of drug-likeness (QED) is 0.107. The van der Waals surface area contributed by atoms with Crippen LogP contribution >= 0.6 is 0 Å². The Morgan fingerprint density at radius 2 is 1.70 bits per heavy atom. The summed E-state index contributed by atoms with van der Waals surface area (Å²) < 4.78 is 6.60. The maximum absolute atomic E-state index is 16.1. The molecular weight excluding hydrogens is 835 g/mol. The van der Waals surface area contributed by atoms with E-state index in [1.165, 1.54) is 11.1 Å². The molecule has 2 aromatic rings. The minimum absolute atomic E-state index is 0.0564. The van der Waals surface area contributed by atoms with E-state index < -0.39 is 33.7 Å². The molecule has 0 amide bonds. The standard InChI is InChI=1S/C58H81N3O6/c1-34(25-44(63)48-55(6,67-48)41-16-11-15-40(41)36-13-10-14-38(59)28-36)46-42-18-19-45-53(4)31-56(37-26-35(30-60-7)27-39(62)29-37)23-24-58(32-57(45)22-12-17-43(47(46)64)54(42,57)5)49(53)52(3,50(56)65)21-9-8-20-51(2,66)33-61-58/h10,13-14,26-29,34,40-41,43-45,48-49,60-63,66H,8-9,11-12,15-25,30-33,59H2,1-7H3. The van der Waals surface area contributed by atoms with Crippen molar-refractivity contribution in [3.05, 3.63) is 70.3 Å². The SMILES string of the molecule is CNCc1cc(O)cc(C23CCC45CC67CCCC8C(=O)C(C(C)CC(O)C9OC9(C)C9CCCC9c9cccc(N)c9)=C(CCC6C(C)(C2)C4C(C)(CCCCC(C)(O)CN5)C3=O)C87C)c1. The number of carbonyl (C=O) groups excluding carboxylic acids is 2. The number of β-amino-alcohol motifs (C(OH)–C–C–N with tert-alkyl or cyclic N) is 1. The van der Waals surface area contributed by atoms with Crippen LogP contribution in [0, 0.1) is 51.2 Å². The average molecular weight is 916 g/mol. The molecule has 2 aromatic carbocycles. The van der Waals surface area contributed by atoms with Crippen molar-refractivity contribution in [3.63, 3.8) is 0 Å². The molecule has 7 saturated carbocycles. The number of ether oxygens (including phenoxy) is 1. The number of phenolic OH excluding ortho intramolecular Hbond substituents is 1. The first-order valence-corrected chi connectivity index (χ1v) is 26.7. The number of aliphatic hydroxyl groups is 2. The fraction of sp³-hybridized carbons (Fsp3) is 0.724. The lowest BCUT2D eigenvalue weighted by Crippen LogP contribution is -2.76. The number of nitrogens with one attached hydrogen (secondary N) is 2. The van der Waals surface area contributed by atoms with Gasteiger partial charge in [-0.25, -0.2) is 0 Å². The van der Waals surface area contributed by atoms with Crippen molar-refractivity contribution >= 4 is 17.3 Å². The van der Waals surface area contributed by atoms with E-state index in [2.05, 4.69) is 63.5 Å². The van der Waals surface area contributed by atoms with Crippen molar-refractivity contribution in [2.75, 3.05) is 19.3 Å². The van der Waals surface area contributed by atoms with Crippen molar-refractivity contribution in [1.29, 1.82) is 0 Å². The Morgan fingerprint density at radius 1 is 0.910 bits per heavy atom. The van der Waals surface area contributed by atoms with Gasteiger partial charge in [-0.3, -0.25) is 9.59 Å². The second-order valence-electron chi connectivity index (χ2n) is 25.6. The number of rotatable bonds is 9. The molecule has 8 aliphatic carbocycles. The van der Waals surface area contributed by atoms with E-state index in [0.29, 0.717) is 55.8 Å². The topological polar surface area (TPSA) is 157 Å². The second kappa shape index (κ2) is 15.5. The molecule has 16 atom stereocenters. The van der Waals surface area contributed by atoms with E-state index in [1.54, 1.807) is 0 Å². The zero-order valence-electron chi connectivity index (χ0n) is 41.7. The highest BCUT2D eigenvalue weighted by atomic mass is 16.6. The van der Waals surface area contributed by atoms with Crippen LogP contribution in [0.15, 0.2) is 53.6 Å². The van der Waals surface area contributed by atoms with Crippen molar-refractivity contribution in [2.24, 2.45) is 51.2 Å². The van der Waals surface area contributed by atoms with Gasteiger partial charge in [-0.1, -0.05) is 77.2 Å². The van der Waals surface area contributed by atoms with Gasteiger partial charge >= 0.3 is 0 Å². The van der Waals surface area contributed by atoms with Gasteiger partial charge in [-0.05, 0) is 191 Å². The number of aliphatic hydroxyl groups excluding tert-OH is 1. The van der Waals surface area contributed by atoms with Crippen LogP contribution in [0.25, 0.3) is 0 Å². The van der Waals surface area contributed by atoms with Crippen LogP contribution in [0.3, 0.4) is 0 Å². The highest BCUT2D eigenvalue weighted by Crippen LogP contribution is 2.82. The molecule has 2 heterocycles. The lowest BCUT2D eigenvalue weighted by Gasteiger charge is -2.75. The summed E-state index contributed by atoms with van der Waals surface area (Å²) >= 11 is 0. The molecule has 364 valence electrons. The molecule has 9 fully saturated rings. The summed E-state index contributed by atoms with van der Waals surface area (Å²) in [5, 5.41) is 43.1. The number of hydrogen-bond acceptors (Lipinski definition) is 9. The monoisotopic (exact) mass is 916 g/mol. The molecule has 2 aliphatic heterocycles. The Kier molecular flexibility index (Phi) is 10.7. The molecule has 0 radical (unpaired) electrons. The molecule has 67 heavy (non-hydrogen) atoms. The fourth-order valence-electron chi connectivity index (χ4n) is 19.8. The molecular formula is C58H81N3O6. The summed E-state index contributed by atoms with van der Waals surface area (Å²) in [6.45, 7) is 14.9. The number of benzene rings is 2. The summed E-state index contributed by atoms with van der Waals surface area (Å²) in [5.74, 6) is 1.68. The van der Waals surface area contributed by atoms with E-state index in [-0.39, 0.29) is 51.8 Å². The van der Waals surface area contributed by atoms with Gasteiger partial charge in [-0.15, -0.1) is 0 Å². The second-order valence-corrected chi connectivity index (χ2v) is 25.6. The number of nitrogens with two attached hydrogens (primary N) is 1. The first-order chi connectivity index (χ1) is 31.7. The number of hydrogen-bond donors (Lipinski definition) is 6. The summed E-state index contributed by atoms with van der Waals surface area (Å²) in [6.07, 6.45) is 14.0. The summed E-state index contributed by atoms with van der Waals surface area (Å²) in [6, 6.07) is 14.3. The number of allylic oxidation sites excluding steroid dienone is 2. The summed E-state index contributed by atoms with van der Waals surface area (Å²) in [4.78, 5) is 31.5. The molecule has 12 rings (SSSR count). The largest absolute Gasteiger partial charge is 0.508 e. The fourth-order valence-corrected chi connectivity index (χ4v) is 19.8. The molecule has 0 aromatic heterocycles. The molecule has 9 nitrogen and oxygen atoms in total. The zero-order chi connectivity index (χ0) is 47.3. The lowest BCUT2D eigenvalue weighted by molar-refractivity contribution is -0.238. The van der Waals surface area contributed by atoms with Gasteiger partial charge in [0.25, 0.3) is 0 Å². The number of anilines is 1. The number of fused-ring (bicyclic) bond motifs is 1. The highest BCUT2D eigenvalue weighted by molar-refractivity contribution is 6.03. The number of Topliss-reactive ketones (excluding diaryl/α,β-unsaturated/α-hetero) is 2. The summed E-state index contributed by atoms with van der Waals surface area (Å²) in [5.41, 5.74) is 8.67. The Hall–Kier alpha value is -3.08. The third-order valence-corrected chi connectivity index (χ3v) is 22.0. The van der Waals surface area contributed by atoms with Crippen molar-refractivity contribution in [1.82, 2.24) is 10.6 Å². The van der Waals surface area contributed by atoms with E-state index in [4.69, 9.17) is 10.5 Å². The van der Waals surface area contributed by atoms with Crippen LogP contribution in [-0.2, 0) is 26.3 Å².